The Hall–Kier alpha value is -3.93. The lowest BCUT2D eigenvalue weighted by Crippen LogP contribution is -2.33. The highest BCUT2D eigenvalue weighted by molar-refractivity contribution is 6.04. The van der Waals surface area contributed by atoms with E-state index in [2.05, 4.69) is 24.4 Å². The second-order valence-corrected chi connectivity index (χ2v) is 11.6. The van der Waals surface area contributed by atoms with Crippen molar-refractivity contribution in [3.63, 3.8) is 0 Å². The Labute approximate surface area is 256 Å². The van der Waals surface area contributed by atoms with Crippen LogP contribution >= 0.6 is 0 Å². The van der Waals surface area contributed by atoms with E-state index in [0.29, 0.717) is 36.3 Å². The van der Waals surface area contributed by atoms with Crippen LogP contribution in [0.5, 0.6) is 0 Å². The molecule has 3 aromatic carbocycles. The molecular weight excluding hydrogens is 536 g/mol. The minimum atomic E-state index is -0.330. The van der Waals surface area contributed by atoms with E-state index in [0.717, 1.165) is 23.1 Å². The van der Waals surface area contributed by atoms with Gasteiger partial charge in [-0.3, -0.25) is 14.4 Å². The summed E-state index contributed by atoms with van der Waals surface area (Å²) in [5, 5.41) is 2.99. The van der Waals surface area contributed by atoms with Crippen molar-refractivity contribution in [1.82, 2.24) is 4.90 Å². The van der Waals surface area contributed by atoms with E-state index in [1.54, 1.807) is 4.90 Å². The van der Waals surface area contributed by atoms with Gasteiger partial charge in [0, 0.05) is 29.9 Å². The van der Waals surface area contributed by atoms with Crippen molar-refractivity contribution in [2.75, 3.05) is 19.0 Å². The van der Waals surface area contributed by atoms with Crippen molar-refractivity contribution in [2.24, 2.45) is 5.92 Å². The van der Waals surface area contributed by atoms with Crippen LogP contribution in [-0.2, 0) is 22.5 Å². The Balaban J connectivity index is 1.28. The molecule has 0 saturated heterocycles. The number of anilines is 1. The van der Waals surface area contributed by atoms with Gasteiger partial charge < -0.3 is 15.0 Å². The highest BCUT2D eigenvalue weighted by Crippen LogP contribution is 2.30. The van der Waals surface area contributed by atoms with E-state index in [-0.39, 0.29) is 23.7 Å². The Morgan fingerprint density at radius 1 is 0.837 bits per heavy atom. The molecule has 4 rings (SSSR count). The molecule has 43 heavy (non-hydrogen) atoms. The summed E-state index contributed by atoms with van der Waals surface area (Å²) in [6, 6.07) is 21.5. The predicted molar refractivity (Wildman–Crippen MR) is 173 cm³/mol. The standard InChI is InChI=1S/C37H46N2O4/c1-4-6-7-8-9-10-11-12-13-27-14-16-30(17-15-27)35(40)38-33-22-20-29(21-23-33)31-18-19-32-26-39(36(41)34(32)24-31)25-28(5-2)37(42)43-3/h14-24,28H,4-13,25-26H2,1-3H3,(H,38,40)/t28-/m0/s1. The summed E-state index contributed by atoms with van der Waals surface area (Å²) >= 11 is 0. The first-order valence-corrected chi connectivity index (χ1v) is 15.9. The van der Waals surface area contributed by atoms with E-state index in [1.807, 2.05) is 61.5 Å². The number of fused-ring (bicyclic) bond motifs is 1. The van der Waals surface area contributed by atoms with E-state index < -0.39 is 0 Å². The fraction of sp³-hybridized carbons (Fsp3) is 0.432. The average Bonchev–Trinajstić information content (AvgIpc) is 3.35. The second kappa shape index (κ2) is 16.1. The van der Waals surface area contributed by atoms with Gasteiger partial charge in [-0.25, -0.2) is 0 Å². The van der Waals surface area contributed by atoms with Crippen LogP contribution in [0.15, 0.2) is 66.7 Å². The van der Waals surface area contributed by atoms with Crippen molar-refractivity contribution in [1.29, 1.82) is 0 Å². The fourth-order valence-corrected chi connectivity index (χ4v) is 5.73. The van der Waals surface area contributed by atoms with E-state index in [4.69, 9.17) is 4.74 Å². The first-order chi connectivity index (χ1) is 20.9. The molecule has 0 bridgehead atoms. The Bertz CT molecular complexity index is 1360. The number of methoxy groups -OCH3 is 1. The van der Waals surface area contributed by atoms with Crippen LogP contribution in [0.2, 0.25) is 0 Å². The van der Waals surface area contributed by atoms with Crippen LogP contribution in [-0.4, -0.2) is 36.3 Å². The third-order valence-corrected chi connectivity index (χ3v) is 8.47. The fourth-order valence-electron chi connectivity index (χ4n) is 5.73. The normalized spacial score (nSPS) is 13.1. The number of rotatable bonds is 16. The maximum atomic E-state index is 13.1. The lowest BCUT2D eigenvalue weighted by molar-refractivity contribution is -0.146. The highest BCUT2D eigenvalue weighted by atomic mass is 16.5. The molecule has 0 unspecified atom stereocenters. The number of carbonyl (C=O) groups excluding carboxylic acids is 3. The molecule has 1 atom stereocenters. The minimum absolute atomic E-state index is 0.0630. The van der Waals surface area contributed by atoms with Crippen LogP contribution in [0.4, 0.5) is 5.69 Å². The van der Waals surface area contributed by atoms with Gasteiger partial charge >= 0.3 is 5.97 Å². The zero-order valence-electron chi connectivity index (χ0n) is 26.0. The number of esters is 1. The quantitative estimate of drug-likeness (QED) is 0.136. The van der Waals surface area contributed by atoms with Crippen molar-refractivity contribution >= 4 is 23.5 Å². The van der Waals surface area contributed by atoms with E-state index >= 15 is 0 Å². The molecule has 2 amide bonds. The summed E-state index contributed by atoms with van der Waals surface area (Å²) in [6.07, 6.45) is 12.1. The third-order valence-electron chi connectivity index (χ3n) is 8.47. The zero-order chi connectivity index (χ0) is 30.6. The number of amides is 2. The Kier molecular flexibility index (Phi) is 12.0. The molecule has 1 N–H and O–H groups in total. The molecule has 0 spiro atoms. The highest BCUT2D eigenvalue weighted by Gasteiger charge is 2.31. The van der Waals surface area contributed by atoms with Gasteiger partial charge in [0.2, 0.25) is 0 Å². The summed E-state index contributed by atoms with van der Waals surface area (Å²) in [5.41, 5.74) is 6.15. The number of hydrogen-bond acceptors (Lipinski definition) is 4. The molecule has 0 saturated carbocycles. The molecular formula is C37H46N2O4. The van der Waals surface area contributed by atoms with Crippen molar-refractivity contribution in [3.05, 3.63) is 89.0 Å². The number of nitrogens with zero attached hydrogens (tertiary/aromatic N) is 1. The van der Waals surface area contributed by atoms with Gasteiger partial charge in [-0.2, -0.15) is 0 Å². The molecule has 0 aliphatic carbocycles. The second-order valence-electron chi connectivity index (χ2n) is 11.6. The van der Waals surface area contributed by atoms with Crippen LogP contribution < -0.4 is 5.32 Å². The maximum Gasteiger partial charge on any atom is 0.310 e. The number of carbonyl (C=O) groups is 3. The molecule has 6 heteroatoms. The van der Waals surface area contributed by atoms with Crippen molar-refractivity contribution in [2.45, 2.75) is 84.6 Å². The van der Waals surface area contributed by atoms with Crippen LogP contribution in [0.3, 0.4) is 0 Å². The van der Waals surface area contributed by atoms with Crippen molar-refractivity contribution < 1.29 is 19.1 Å². The summed E-state index contributed by atoms with van der Waals surface area (Å²) in [6.45, 7) is 5.02. The van der Waals surface area contributed by atoms with Crippen LogP contribution in [0.1, 0.15) is 103 Å². The molecule has 3 aromatic rings. The molecule has 228 valence electrons. The van der Waals surface area contributed by atoms with Gasteiger partial charge in [0.15, 0.2) is 0 Å². The molecule has 0 aromatic heterocycles. The SMILES string of the molecule is CCCCCCCCCCc1ccc(C(=O)Nc2ccc(-c3ccc4c(c3)C(=O)N(C[C@H](CC)C(=O)OC)C4)cc2)cc1. The minimum Gasteiger partial charge on any atom is -0.469 e. The number of ether oxygens (including phenoxy) is 1. The first kappa shape index (κ1) is 32.0. The van der Waals surface area contributed by atoms with Gasteiger partial charge in [-0.1, -0.05) is 95.2 Å². The molecule has 0 fully saturated rings. The summed E-state index contributed by atoms with van der Waals surface area (Å²) < 4.78 is 4.89. The monoisotopic (exact) mass is 582 g/mol. The number of aryl methyl sites for hydroxylation is 1. The Morgan fingerprint density at radius 3 is 2.14 bits per heavy atom. The predicted octanol–water partition coefficient (Wildman–Crippen LogP) is 8.44. The first-order valence-electron chi connectivity index (χ1n) is 15.9. The smallest absolute Gasteiger partial charge is 0.310 e. The molecule has 1 aliphatic rings. The summed E-state index contributed by atoms with van der Waals surface area (Å²) in [5.74, 6) is -0.813. The lowest BCUT2D eigenvalue weighted by atomic mass is 10.00. The van der Waals surface area contributed by atoms with Crippen molar-refractivity contribution in [3.8, 4) is 11.1 Å². The maximum absolute atomic E-state index is 13.1. The number of benzene rings is 3. The van der Waals surface area contributed by atoms with Gasteiger partial charge in [0.05, 0.1) is 13.0 Å². The van der Waals surface area contributed by atoms with Gasteiger partial charge in [-0.15, -0.1) is 0 Å². The number of unbranched alkanes of at least 4 members (excludes halogenated alkanes) is 7. The zero-order valence-corrected chi connectivity index (χ0v) is 26.0. The topological polar surface area (TPSA) is 75.7 Å². The van der Waals surface area contributed by atoms with E-state index in [1.165, 1.54) is 64.0 Å². The largest absolute Gasteiger partial charge is 0.469 e. The van der Waals surface area contributed by atoms with Gasteiger partial charge in [0.25, 0.3) is 11.8 Å². The van der Waals surface area contributed by atoms with Crippen LogP contribution in [0.25, 0.3) is 11.1 Å². The molecule has 0 radical (unpaired) electrons. The molecule has 6 nitrogen and oxygen atoms in total. The molecule has 1 aliphatic heterocycles. The summed E-state index contributed by atoms with van der Waals surface area (Å²) in [4.78, 5) is 39.7. The molecule has 1 heterocycles. The Morgan fingerprint density at radius 2 is 1.49 bits per heavy atom. The van der Waals surface area contributed by atoms with Gasteiger partial charge in [-0.05, 0) is 71.8 Å². The lowest BCUT2D eigenvalue weighted by Gasteiger charge is -2.20. The van der Waals surface area contributed by atoms with E-state index in [9.17, 15) is 14.4 Å². The number of hydrogen-bond donors (Lipinski definition) is 1. The number of nitrogens with one attached hydrogen (secondary N) is 1. The average molecular weight is 583 g/mol. The summed E-state index contributed by atoms with van der Waals surface area (Å²) in [7, 11) is 1.38. The third kappa shape index (κ3) is 8.79. The van der Waals surface area contributed by atoms with Gasteiger partial charge in [0.1, 0.15) is 0 Å². The van der Waals surface area contributed by atoms with Crippen LogP contribution in [0, 0.1) is 5.92 Å².